The van der Waals surface area contributed by atoms with E-state index in [4.69, 9.17) is 0 Å². The highest BCUT2D eigenvalue weighted by atomic mass is 19.4. The lowest BCUT2D eigenvalue weighted by Crippen LogP contribution is -2.40. The molecule has 2 amide bonds. The third-order valence-electron chi connectivity index (χ3n) is 2.48. The summed E-state index contributed by atoms with van der Waals surface area (Å²) in [6.45, 7) is 5.23. The van der Waals surface area contributed by atoms with E-state index in [1.807, 2.05) is 0 Å². The van der Waals surface area contributed by atoms with Gasteiger partial charge in [-0.2, -0.15) is 13.2 Å². The van der Waals surface area contributed by atoms with Crippen molar-refractivity contribution in [3.63, 3.8) is 0 Å². The van der Waals surface area contributed by atoms with Crippen LogP contribution in [0, 0.1) is 0 Å². The van der Waals surface area contributed by atoms with E-state index in [-0.39, 0.29) is 6.04 Å². The predicted octanol–water partition coefficient (Wildman–Crippen LogP) is 3.47. The Kier molecular flexibility index (Phi) is 4.80. The van der Waals surface area contributed by atoms with Gasteiger partial charge in [0.15, 0.2) is 0 Å². The zero-order chi connectivity index (χ0) is 14.6. The summed E-state index contributed by atoms with van der Waals surface area (Å²) >= 11 is 0. The lowest BCUT2D eigenvalue weighted by Gasteiger charge is -2.17. The van der Waals surface area contributed by atoms with Crippen molar-refractivity contribution >= 4 is 6.03 Å². The Morgan fingerprint density at radius 2 is 1.79 bits per heavy atom. The van der Waals surface area contributed by atoms with Crippen molar-refractivity contribution < 1.29 is 18.0 Å². The molecule has 0 aliphatic rings. The quantitative estimate of drug-likeness (QED) is 0.870. The summed E-state index contributed by atoms with van der Waals surface area (Å²) < 4.78 is 37.7. The van der Waals surface area contributed by atoms with Gasteiger partial charge in [-0.3, -0.25) is 0 Å². The standard InChI is InChI=1S/C13H17F3N2O/c1-8(2)17-12(19)18-9(3)10-5-4-6-11(7-10)13(14,15)16/h4-9H,1-3H3,(H2,17,18,19). The van der Waals surface area contributed by atoms with Gasteiger partial charge < -0.3 is 10.6 Å². The number of amides is 2. The fraction of sp³-hybridized carbons (Fsp3) is 0.462. The summed E-state index contributed by atoms with van der Waals surface area (Å²) in [5.74, 6) is 0. The van der Waals surface area contributed by atoms with Gasteiger partial charge in [0.1, 0.15) is 0 Å². The van der Waals surface area contributed by atoms with Crippen LogP contribution in [0.2, 0.25) is 0 Å². The number of carbonyl (C=O) groups excluding carboxylic acids is 1. The maximum absolute atomic E-state index is 12.6. The van der Waals surface area contributed by atoms with Crippen molar-refractivity contribution in [1.82, 2.24) is 10.6 Å². The fourth-order valence-electron chi connectivity index (χ4n) is 1.57. The van der Waals surface area contributed by atoms with Gasteiger partial charge in [-0.15, -0.1) is 0 Å². The Labute approximate surface area is 110 Å². The van der Waals surface area contributed by atoms with Gasteiger partial charge in [0, 0.05) is 6.04 Å². The molecule has 0 saturated carbocycles. The minimum absolute atomic E-state index is 0.0336. The van der Waals surface area contributed by atoms with Crippen molar-refractivity contribution in [3.8, 4) is 0 Å². The molecule has 0 aromatic heterocycles. The van der Waals surface area contributed by atoms with E-state index in [9.17, 15) is 18.0 Å². The molecule has 0 saturated heterocycles. The monoisotopic (exact) mass is 274 g/mol. The Morgan fingerprint density at radius 1 is 1.16 bits per heavy atom. The van der Waals surface area contributed by atoms with E-state index in [0.717, 1.165) is 12.1 Å². The molecule has 6 heteroatoms. The second kappa shape index (κ2) is 5.95. The summed E-state index contributed by atoms with van der Waals surface area (Å²) in [6.07, 6.45) is -4.38. The van der Waals surface area contributed by atoms with Crippen LogP contribution in [0.3, 0.4) is 0 Å². The molecule has 106 valence electrons. The average molecular weight is 274 g/mol. The molecule has 1 aromatic rings. The van der Waals surface area contributed by atoms with Gasteiger partial charge in [-0.05, 0) is 38.5 Å². The van der Waals surface area contributed by atoms with Crippen LogP contribution in [-0.2, 0) is 6.18 Å². The Balaban J connectivity index is 2.77. The van der Waals surface area contributed by atoms with Crippen molar-refractivity contribution in [2.45, 2.75) is 39.0 Å². The van der Waals surface area contributed by atoms with Crippen molar-refractivity contribution in [1.29, 1.82) is 0 Å². The van der Waals surface area contributed by atoms with E-state index < -0.39 is 23.8 Å². The van der Waals surface area contributed by atoms with Crippen LogP contribution in [0.1, 0.15) is 37.9 Å². The number of nitrogens with one attached hydrogen (secondary N) is 2. The highest BCUT2D eigenvalue weighted by molar-refractivity contribution is 5.74. The maximum atomic E-state index is 12.6. The smallest absolute Gasteiger partial charge is 0.336 e. The number of rotatable bonds is 3. The molecule has 3 nitrogen and oxygen atoms in total. The second-order valence-corrected chi connectivity index (χ2v) is 4.62. The van der Waals surface area contributed by atoms with Gasteiger partial charge in [0.05, 0.1) is 11.6 Å². The number of carbonyl (C=O) groups is 1. The zero-order valence-corrected chi connectivity index (χ0v) is 11.0. The van der Waals surface area contributed by atoms with E-state index in [2.05, 4.69) is 10.6 Å². The molecule has 0 aliphatic heterocycles. The summed E-state index contributed by atoms with van der Waals surface area (Å²) in [4.78, 5) is 11.5. The first-order valence-electron chi connectivity index (χ1n) is 5.94. The number of hydrogen-bond acceptors (Lipinski definition) is 1. The number of benzene rings is 1. The minimum Gasteiger partial charge on any atom is -0.336 e. The summed E-state index contributed by atoms with van der Waals surface area (Å²) in [6, 6.07) is 3.99. The third kappa shape index (κ3) is 4.81. The van der Waals surface area contributed by atoms with Crippen LogP contribution < -0.4 is 10.6 Å². The summed E-state index contributed by atoms with van der Waals surface area (Å²) in [5.41, 5.74) is -0.309. The molecule has 0 heterocycles. The molecule has 0 aliphatic carbocycles. The van der Waals surface area contributed by atoms with Crippen molar-refractivity contribution in [3.05, 3.63) is 35.4 Å². The molecule has 1 unspecified atom stereocenters. The minimum atomic E-state index is -4.38. The Bertz CT molecular complexity index is 444. The highest BCUT2D eigenvalue weighted by Gasteiger charge is 2.30. The molecule has 0 bridgehead atoms. The number of alkyl halides is 3. The first kappa shape index (κ1) is 15.3. The van der Waals surface area contributed by atoms with Gasteiger partial charge in [0.2, 0.25) is 0 Å². The zero-order valence-electron chi connectivity index (χ0n) is 11.0. The summed E-state index contributed by atoms with van der Waals surface area (Å²) in [5, 5.41) is 5.20. The second-order valence-electron chi connectivity index (χ2n) is 4.62. The number of halogens is 3. The molecular weight excluding hydrogens is 257 g/mol. The van der Waals surface area contributed by atoms with E-state index in [1.54, 1.807) is 26.8 Å². The van der Waals surface area contributed by atoms with Gasteiger partial charge in [-0.1, -0.05) is 12.1 Å². The molecular formula is C13H17F3N2O. The van der Waals surface area contributed by atoms with Crippen LogP contribution in [0.15, 0.2) is 24.3 Å². The highest BCUT2D eigenvalue weighted by Crippen LogP contribution is 2.30. The maximum Gasteiger partial charge on any atom is 0.416 e. The normalized spacial score (nSPS) is 13.2. The molecule has 0 radical (unpaired) electrons. The molecule has 1 rings (SSSR count). The van der Waals surface area contributed by atoms with Crippen LogP contribution >= 0.6 is 0 Å². The summed E-state index contributed by atoms with van der Waals surface area (Å²) in [7, 11) is 0. The average Bonchev–Trinajstić information content (AvgIpc) is 2.26. The van der Waals surface area contributed by atoms with Crippen LogP contribution in [-0.4, -0.2) is 12.1 Å². The number of urea groups is 1. The van der Waals surface area contributed by atoms with Gasteiger partial charge >= 0.3 is 12.2 Å². The van der Waals surface area contributed by atoms with Crippen LogP contribution in [0.5, 0.6) is 0 Å². The molecule has 1 atom stereocenters. The van der Waals surface area contributed by atoms with Crippen LogP contribution in [0.25, 0.3) is 0 Å². The topological polar surface area (TPSA) is 41.1 Å². The van der Waals surface area contributed by atoms with Crippen LogP contribution in [0.4, 0.5) is 18.0 Å². The van der Waals surface area contributed by atoms with Gasteiger partial charge in [-0.25, -0.2) is 4.79 Å². The SMILES string of the molecule is CC(C)NC(=O)NC(C)c1cccc(C(F)(F)F)c1. The van der Waals surface area contributed by atoms with E-state index in [1.165, 1.54) is 6.07 Å². The number of hydrogen-bond donors (Lipinski definition) is 2. The third-order valence-corrected chi connectivity index (χ3v) is 2.48. The predicted molar refractivity (Wildman–Crippen MR) is 66.7 cm³/mol. The molecule has 2 N–H and O–H groups in total. The largest absolute Gasteiger partial charge is 0.416 e. The Morgan fingerprint density at radius 3 is 2.32 bits per heavy atom. The fourth-order valence-corrected chi connectivity index (χ4v) is 1.57. The molecule has 0 fully saturated rings. The van der Waals surface area contributed by atoms with Crippen molar-refractivity contribution in [2.75, 3.05) is 0 Å². The molecule has 19 heavy (non-hydrogen) atoms. The molecule has 0 spiro atoms. The molecule has 1 aromatic carbocycles. The first-order valence-corrected chi connectivity index (χ1v) is 5.94. The lowest BCUT2D eigenvalue weighted by atomic mass is 10.1. The van der Waals surface area contributed by atoms with E-state index >= 15 is 0 Å². The Hall–Kier alpha value is -1.72. The lowest BCUT2D eigenvalue weighted by molar-refractivity contribution is -0.137. The van der Waals surface area contributed by atoms with E-state index in [0.29, 0.717) is 5.56 Å². The first-order chi connectivity index (χ1) is 8.70. The van der Waals surface area contributed by atoms with Gasteiger partial charge in [0.25, 0.3) is 0 Å². The van der Waals surface area contributed by atoms with Crippen molar-refractivity contribution in [2.24, 2.45) is 0 Å².